The monoisotopic (exact) mass is 324 g/mol. The average molecular weight is 325 g/mol. The van der Waals surface area contributed by atoms with Crippen molar-refractivity contribution >= 4 is 0 Å². The Bertz CT molecular complexity index is 630. The van der Waals surface area contributed by atoms with Gasteiger partial charge < -0.3 is 0 Å². The molecule has 0 N–H and O–H groups in total. The molecule has 0 aromatic heterocycles. The molecule has 0 heterocycles. The third kappa shape index (κ3) is 2.57. The van der Waals surface area contributed by atoms with Crippen molar-refractivity contribution in [3.8, 4) is 0 Å². The van der Waals surface area contributed by atoms with Gasteiger partial charge in [-0.15, -0.1) is 0 Å². The van der Waals surface area contributed by atoms with Crippen molar-refractivity contribution in [3.05, 3.63) is 46.5 Å². The Morgan fingerprint density at radius 2 is 1.46 bits per heavy atom. The molecule has 1 aromatic carbocycles. The second-order valence-corrected chi connectivity index (χ2v) is 10.4. The zero-order chi connectivity index (χ0) is 17.9. The van der Waals surface area contributed by atoms with E-state index < -0.39 is 0 Å². The van der Waals surface area contributed by atoms with Crippen molar-refractivity contribution in [2.75, 3.05) is 0 Å². The van der Waals surface area contributed by atoms with E-state index in [-0.39, 0.29) is 10.8 Å². The first-order valence-electron chi connectivity index (χ1n) is 9.87. The first-order chi connectivity index (χ1) is 11.0. The summed E-state index contributed by atoms with van der Waals surface area (Å²) in [5, 5.41) is 0. The molecular weight excluding hydrogens is 288 g/mol. The van der Waals surface area contributed by atoms with Gasteiger partial charge in [-0.25, -0.2) is 0 Å². The molecule has 1 saturated carbocycles. The highest BCUT2D eigenvalue weighted by Crippen LogP contribution is 2.62. The minimum atomic E-state index is 0.199. The first-order valence-corrected chi connectivity index (χ1v) is 9.87. The molecule has 3 aliphatic carbocycles. The van der Waals surface area contributed by atoms with Crippen LogP contribution in [0.2, 0.25) is 0 Å². The standard InChI is InChI=1S/C24H36/c1-9-10-24(16(2)17-11-20(24)12-17)21-14-18(22(3,4)5)13-19(15-21)23(6,7)8/h11,13-16,20H,9-10,12H2,1-8H3. The maximum atomic E-state index is 2.58. The zero-order valence-corrected chi connectivity index (χ0v) is 17.1. The van der Waals surface area contributed by atoms with Gasteiger partial charge in [0.05, 0.1) is 0 Å². The van der Waals surface area contributed by atoms with Crippen LogP contribution in [0.3, 0.4) is 0 Å². The van der Waals surface area contributed by atoms with Crippen LogP contribution in [-0.4, -0.2) is 0 Å². The molecule has 132 valence electrons. The van der Waals surface area contributed by atoms with Crippen molar-refractivity contribution in [2.24, 2.45) is 11.8 Å². The SMILES string of the molecule is CCCC1(c2cc(C(C)(C)C)cc(C(C)(C)C)c2)C2C=C(C2)C1C. The van der Waals surface area contributed by atoms with E-state index in [0.29, 0.717) is 11.3 Å². The van der Waals surface area contributed by atoms with Gasteiger partial charge in [0, 0.05) is 5.41 Å². The van der Waals surface area contributed by atoms with Crippen molar-refractivity contribution in [2.45, 2.75) is 90.9 Å². The van der Waals surface area contributed by atoms with Crippen LogP contribution >= 0.6 is 0 Å². The van der Waals surface area contributed by atoms with Crippen molar-refractivity contribution < 1.29 is 0 Å². The van der Waals surface area contributed by atoms with Crippen LogP contribution in [0, 0.1) is 11.8 Å². The quantitative estimate of drug-likeness (QED) is 0.530. The van der Waals surface area contributed by atoms with Crippen molar-refractivity contribution in [1.82, 2.24) is 0 Å². The molecule has 3 atom stereocenters. The highest BCUT2D eigenvalue weighted by molar-refractivity contribution is 5.49. The molecule has 2 bridgehead atoms. The molecule has 3 aliphatic rings. The van der Waals surface area contributed by atoms with Crippen LogP contribution < -0.4 is 0 Å². The zero-order valence-electron chi connectivity index (χ0n) is 17.1. The molecular formula is C24H36. The van der Waals surface area contributed by atoms with E-state index >= 15 is 0 Å². The van der Waals surface area contributed by atoms with E-state index in [9.17, 15) is 0 Å². The highest BCUT2D eigenvalue weighted by Gasteiger charge is 2.55. The molecule has 0 spiro atoms. The topological polar surface area (TPSA) is 0 Å². The van der Waals surface area contributed by atoms with Gasteiger partial charge in [0.1, 0.15) is 0 Å². The number of hydrogen-bond acceptors (Lipinski definition) is 0. The largest absolute Gasteiger partial charge is 0.0807 e. The Balaban J connectivity index is 2.19. The lowest BCUT2D eigenvalue weighted by molar-refractivity contribution is 0.287. The van der Waals surface area contributed by atoms with Gasteiger partial charge in [0.15, 0.2) is 0 Å². The summed E-state index contributed by atoms with van der Waals surface area (Å²) in [6.45, 7) is 18.9. The molecule has 0 radical (unpaired) electrons. The summed E-state index contributed by atoms with van der Waals surface area (Å²) in [5.41, 5.74) is 7.08. The van der Waals surface area contributed by atoms with Crippen LogP contribution in [-0.2, 0) is 16.2 Å². The van der Waals surface area contributed by atoms with Gasteiger partial charge in [-0.05, 0) is 52.2 Å². The Labute approximate surface area is 149 Å². The van der Waals surface area contributed by atoms with Crippen LogP contribution in [0.5, 0.6) is 0 Å². The predicted octanol–water partition coefficient (Wildman–Crippen LogP) is 6.92. The van der Waals surface area contributed by atoms with Crippen LogP contribution in [0.1, 0.15) is 91.3 Å². The molecule has 1 aromatic rings. The summed E-state index contributed by atoms with van der Waals surface area (Å²) in [6, 6.07) is 7.57. The lowest BCUT2D eigenvalue weighted by Crippen LogP contribution is -2.34. The Hall–Kier alpha value is -1.04. The highest BCUT2D eigenvalue weighted by atomic mass is 14.6. The van der Waals surface area contributed by atoms with Gasteiger partial charge in [-0.1, -0.05) is 91.7 Å². The van der Waals surface area contributed by atoms with E-state index in [4.69, 9.17) is 0 Å². The molecule has 0 amide bonds. The summed E-state index contributed by atoms with van der Waals surface area (Å²) in [7, 11) is 0. The second-order valence-electron chi connectivity index (χ2n) is 10.4. The summed E-state index contributed by atoms with van der Waals surface area (Å²) >= 11 is 0. The van der Waals surface area contributed by atoms with E-state index in [1.165, 1.54) is 30.4 Å². The van der Waals surface area contributed by atoms with E-state index in [1.54, 1.807) is 11.1 Å². The van der Waals surface area contributed by atoms with Gasteiger partial charge in [0.25, 0.3) is 0 Å². The van der Waals surface area contributed by atoms with E-state index in [2.05, 4.69) is 79.7 Å². The van der Waals surface area contributed by atoms with E-state index in [1.807, 2.05) is 0 Å². The van der Waals surface area contributed by atoms with E-state index in [0.717, 1.165) is 5.92 Å². The minimum absolute atomic E-state index is 0.199. The minimum Gasteiger partial charge on any atom is -0.0807 e. The maximum absolute atomic E-state index is 2.58. The Morgan fingerprint density at radius 3 is 1.79 bits per heavy atom. The fourth-order valence-corrected chi connectivity index (χ4v) is 4.97. The average Bonchev–Trinajstić information content (AvgIpc) is 2.83. The summed E-state index contributed by atoms with van der Waals surface area (Å²) in [4.78, 5) is 0. The molecule has 4 rings (SSSR count). The lowest BCUT2D eigenvalue weighted by Gasteiger charge is -2.39. The molecule has 1 fully saturated rings. The fraction of sp³-hybridized carbons (Fsp3) is 0.667. The number of benzene rings is 1. The lowest BCUT2D eigenvalue weighted by atomic mass is 9.65. The van der Waals surface area contributed by atoms with Crippen molar-refractivity contribution in [1.29, 1.82) is 0 Å². The third-order valence-corrected chi connectivity index (χ3v) is 6.73. The number of rotatable bonds is 3. The van der Waals surface area contributed by atoms with Crippen LogP contribution in [0.4, 0.5) is 0 Å². The summed E-state index contributed by atoms with van der Waals surface area (Å²) in [5.74, 6) is 1.48. The Morgan fingerprint density at radius 1 is 0.958 bits per heavy atom. The smallest absolute Gasteiger partial charge is 0.00816 e. The fourth-order valence-electron chi connectivity index (χ4n) is 4.97. The number of fused-ring (bicyclic) bond motifs is 1. The summed E-state index contributed by atoms with van der Waals surface area (Å²) < 4.78 is 0. The van der Waals surface area contributed by atoms with Gasteiger partial charge in [-0.2, -0.15) is 0 Å². The maximum Gasteiger partial charge on any atom is 0.00816 e. The molecule has 0 heteroatoms. The van der Waals surface area contributed by atoms with Crippen molar-refractivity contribution in [3.63, 3.8) is 0 Å². The molecule has 3 unspecified atom stereocenters. The van der Waals surface area contributed by atoms with Gasteiger partial charge in [0.2, 0.25) is 0 Å². The van der Waals surface area contributed by atoms with Gasteiger partial charge >= 0.3 is 0 Å². The number of allylic oxidation sites excluding steroid dienone is 2. The van der Waals surface area contributed by atoms with Crippen LogP contribution in [0.15, 0.2) is 29.8 Å². The molecule has 24 heavy (non-hydrogen) atoms. The Kier molecular flexibility index (Phi) is 4.06. The second kappa shape index (κ2) is 5.48. The molecule has 0 aliphatic heterocycles. The normalized spacial score (nSPS) is 29.4. The summed E-state index contributed by atoms with van der Waals surface area (Å²) in [6.07, 6.45) is 6.51. The van der Waals surface area contributed by atoms with Gasteiger partial charge in [-0.3, -0.25) is 0 Å². The first kappa shape index (κ1) is 17.8. The molecule has 0 saturated heterocycles. The number of hydrogen-bond donors (Lipinski definition) is 0. The molecule has 0 nitrogen and oxygen atoms in total. The third-order valence-electron chi connectivity index (χ3n) is 6.73. The van der Waals surface area contributed by atoms with Crippen LogP contribution in [0.25, 0.3) is 0 Å². The predicted molar refractivity (Wildman–Crippen MR) is 106 cm³/mol.